The second-order valence-electron chi connectivity index (χ2n) is 5.58. The Morgan fingerprint density at radius 3 is 2.95 bits per heavy atom. The van der Waals surface area contributed by atoms with Gasteiger partial charge in [-0.05, 0) is 56.5 Å². The third-order valence-corrected chi connectivity index (χ3v) is 4.18. The molecule has 0 spiro atoms. The molecule has 3 nitrogen and oxygen atoms in total. The molecule has 1 aliphatic heterocycles. The maximum atomic E-state index is 4.51. The molecule has 3 heteroatoms. The Morgan fingerprint density at radius 1 is 1.42 bits per heavy atom. The average Bonchev–Trinajstić information content (AvgIpc) is 2.45. The number of aromatic nitrogens is 1. The van der Waals surface area contributed by atoms with Gasteiger partial charge in [-0.3, -0.25) is 4.90 Å². The van der Waals surface area contributed by atoms with Crippen LogP contribution in [0.1, 0.15) is 56.2 Å². The minimum atomic E-state index is 0.582. The summed E-state index contributed by atoms with van der Waals surface area (Å²) >= 11 is 0. The molecule has 0 saturated carbocycles. The Hall–Kier alpha value is -1.09. The number of nitrogens with zero attached hydrogens (tertiary/aromatic N) is 2. The standard InChI is InChI=1S/C16H27N3/c1-4-5-9-19-10-7-6-8-15(19)14-12-18-16(17-3)11-13(14)2/h11-12,15H,4-10H2,1-3H3,(H,17,18). The van der Waals surface area contributed by atoms with Crippen molar-refractivity contribution >= 4 is 5.82 Å². The van der Waals surface area contributed by atoms with Gasteiger partial charge in [-0.15, -0.1) is 0 Å². The summed E-state index contributed by atoms with van der Waals surface area (Å²) in [5.74, 6) is 0.970. The molecule has 1 aromatic heterocycles. The lowest BCUT2D eigenvalue weighted by Crippen LogP contribution is -2.34. The number of nitrogens with one attached hydrogen (secondary N) is 1. The molecule has 19 heavy (non-hydrogen) atoms. The van der Waals surface area contributed by atoms with E-state index in [1.165, 1.54) is 56.3 Å². The zero-order valence-electron chi connectivity index (χ0n) is 12.6. The van der Waals surface area contributed by atoms with E-state index in [0.717, 1.165) is 5.82 Å². The number of pyridine rings is 1. The molecule has 2 rings (SSSR count). The van der Waals surface area contributed by atoms with Crippen LogP contribution in [0, 0.1) is 6.92 Å². The highest BCUT2D eigenvalue weighted by molar-refractivity contribution is 5.41. The molecular weight excluding hydrogens is 234 g/mol. The Kier molecular flexibility index (Phi) is 5.20. The second-order valence-corrected chi connectivity index (χ2v) is 5.58. The fourth-order valence-electron chi connectivity index (χ4n) is 3.02. The summed E-state index contributed by atoms with van der Waals surface area (Å²) in [7, 11) is 1.93. The number of hydrogen-bond donors (Lipinski definition) is 1. The van der Waals surface area contributed by atoms with E-state index in [1.807, 2.05) is 7.05 Å². The molecule has 0 aliphatic carbocycles. The van der Waals surface area contributed by atoms with Gasteiger partial charge in [-0.1, -0.05) is 19.8 Å². The molecule has 1 aromatic rings. The smallest absolute Gasteiger partial charge is 0.125 e. The van der Waals surface area contributed by atoms with Crippen molar-refractivity contribution in [1.29, 1.82) is 0 Å². The van der Waals surface area contributed by atoms with E-state index in [9.17, 15) is 0 Å². The molecule has 0 bridgehead atoms. The number of likely N-dealkylation sites (tertiary alicyclic amines) is 1. The van der Waals surface area contributed by atoms with Crippen LogP contribution in [0.2, 0.25) is 0 Å². The van der Waals surface area contributed by atoms with Crippen LogP contribution in [-0.4, -0.2) is 30.0 Å². The van der Waals surface area contributed by atoms with Crippen LogP contribution < -0.4 is 5.32 Å². The lowest BCUT2D eigenvalue weighted by molar-refractivity contribution is 0.146. The van der Waals surface area contributed by atoms with Crippen molar-refractivity contribution < 1.29 is 0 Å². The molecular formula is C16H27N3. The van der Waals surface area contributed by atoms with E-state index in [0.29, 0.717) is 6.04 Å². The topological polar surface area (TPSA) is 28.2 Å². The summed E-state index contributed by atoms with van der Waals surface area (Å²) in [6.45, 7) is 6.96. The van der Waals surface area contributed by atoms with Gasteiger partial charge in [0.1, 0.15) is 5.82 Å². The molecule has 1 unspecified atom stereocenters. The molecule has 0 amide bonds. The summed E-state index contributed by atoms with van der Waals surface area (Å²) < 4.78 is 0. The number of hydrogen-bond acceptors (Lipinski definition) is 3. The van der Waals surface area contributed by atoms with E-state index in [2.05, 4.69) is 41.3 Å². The first-order chi connectivity index (χ1) is 9.26. The molecule has 1 fully saturated rings. The number of unbranched alkanes of at least 4 members (excludes halogenated alkanes) is 1. The van der Waals surface area contributed by atoms with Crippen LogP contribution in [0.15, 0.2) is 12.3 Å². The van der Waals surface area contributed by atoms with Crippen molar-refractivity contribution in [3.8, 4) is 0 Å². The fourth-order valence-corrected chi connectivity index (χ4v) is 3.02. The summed E-state index contributed by atoms with van der Waals surface area (Å²) in [6, 6.07) is 2.75. The van der Waals surface area contributed by atoms with Gasteiger partial charge in [0.05, 0.1) is 0 Å². The molecule has 1 saturated heterocycles. The van der Waals surface area contributed by atoms with Crippen molar-refractivity contribution in [3.63, 3.8) is 0 Å². The van der Waals surface area contributed by atoms with Crippen LogP contribution in [0.3, 0.4) is 0 Å². The molecule has 0 aromatic carbocycles. The van der Waals surface area contributed by atoms with E-state index in [1.54, 1.807) is 0 Å². The van der Waals surface area contributed by atoms with Crippen LogP contribution in [0.4, 0.5) is 5.82 Å². The SMILES string of the molecule is CCCCN1CCCCC1c1cnc(NC)cc1C. The van der Waals surface area contributed by atoms with Gasteiger partial charge in [0.15, 0.2) is 0 Å². The van der Waals surface area contributed by atoms with Crippen molar-refractivity contribution in [3.05, 3.63) is 23.4 Å². The third kappa shape index (κ3) is 3.47. The number of piperidine rings is 1. The highest BCUT2D eigenvalue weighted by Gasteiger charge is 2.24. The first-order valence-electron chi connectivity index (χ1n) is 7.64. The predicted molar refractivity (Wildman–Crippen MR) is 81.6 cm³/mol. The van der Waals surface area contributed by atoms with Gasteiger partial charge in [0.25, 0.3) is 0 Å². The summed E-state index contributed by atoms with van der Waals surface area (Å²) in [5.41, 5.74) is 2.79. The number of rotatable bonds is 5. The minimum Gasteiger partial charge on any atom is -0.373 e. The van der Waals surface area contributed by atoms with Crippen LogP contribution in [-0.2, 0) is 0 Å². The van der Waals surface area contributed by atoms with Gasteiger partial charge in [0.2, 0.25) is 0 Å². The molecule has 1 N–H and O–H groups in total. The van der Waals surface area contributed by atoms with Crippen molar-refractivity contribution in [2.45, 2.75) is 52.0 Å². The summed E-state index contributed by atoms with van der Waals surface area (Å²) in [4.78, 5) is 7.17. The molecule has 1 aliphatic rings. The highest BCUT2D eigenvalue weighted by atomic mass is 15.2. The lowest BCUT2D eigenvalue weighted by Gasteiger charge is -2.36. The predicted octanol–water partition coefficient (Wildman–Crippen LogP) is 3.76. The maximum Gasteiger partial charge on any atom is 0.125 e. The normalized spacial score (nSPS) is 20.5. The Balaban J connectivity index is 2.17. The number of anilines is 1. The quantitative estimate of drug-likeness (QED) is 0.874. The first-order valence-corrected chi connectivity index (χ1v) is 7.64. The Morgan fingerprint density at radius 2 is 2.26 bits per heavy atom. The van der Waals surface area contributed by atoms with E-state index in [4.69, 9.17) is 0 Å². The van der Waals surface area contributed by atoms with Gasteiger partial charge < -0.3 is 5.32 Å². The van der Waals surface area contributed by atoms with Crippen molar-refractivity contribution in [2.24, 2.45) is 0 Å². The molecule has 1 atom stereocenters. The molecule has 106 valence electrons. The Labute approximate surface area is 117 Å². The van der Waals surface area contributed by atoms with Crippen LogP contribution >= 0.6 is 0 Å². The van der Waals surface area contributed by atoms with E-state index >= 15 is 0 Å². The number of aryl methyl sites for hydroxylation is 1. The second kappa shape index (κ2) is 6.90. The van der Waals surface area contributed by atoms with E-state index in [-0.39, 0.29) is 0 Å². The largest absolute Gasteiger partial charge is 0.373 e. The van der Waals surface area contributed by atoms with Gasteiger partial charge in [-0.25, -0.2) is 4.98 Å². The maximum absolute atomic E-state index is 4.51. The summed E-state index contributed by atoms with van der Waals surface area (Å²) in [5, 5.41) is 3.12. The fraction of sp³-hybridized carbons (Fsp3) is 0.688. The van der Waals surface area contributed by atoms with Gasteiger partial charge >= 0.3 is 0 Å². The van der Waals surface area contributed by atoms with Gasteiger partial charge in [0, 0.05) is 19.3 Å². The zero-order valence-corrected chi connectivity index (χ0v) is 12.6. The summed E-state index contributed by atoms with van der Waals surface area (Å²) in [6.07, 6.45) is 8.64. The van der Waals surface area contributed by atoms with E-state index < -0.39 is 0 Å². The molecule has 2 heterocycles. The van der Waals surface area contributed by atoms with Crippen LogP contribution in [0.25, 0.3) is 0 Å². The zero-order chi connectivity index (χ0) is 13.7. The highest BCUT2D eigenvalue weighted by Crippen LogP contribution is 2.33. The van der Waals surface area contributed by atoms with Gasteiger partial charge in [-0.2, -0.15) is 0 Å². The monoisotopic (exact) mass is 261 g/mol. The Bertz CT molecular complexity index is 403. The third-order valence-electron chi connectivity index (χ3n) is 4.18. The molecule has 0 radical (unpaired) electrons. The lowest BCUT2D eigenvalue weighted by atomic mass is 9.93. The average molecular weight is 261 g/mol. The van der Waals surface area contributed by atoms with Crippen LogP contribution in [0.5, 0.6) is 0 Å². The minimum absolute atomic E-state index is 0.582. The van der Waals surface area contributed by atoms with Crippen molar-refractivity contribution in [1.82, 2.24) is 9.88 Å². The first kappa shape index (κ1) is 14.3. The van der Waals surface area contributed by atoms with Crippen molar-refractivity contribution in [2.75, 3.05) is 25.5 Å².